The van der Waals surface area contributed by atoms with E-state index in [1.165, 1.54) is 27.7 Å². The topological polar surface area (TPSA) is 86.0 Å². The first-order valence-corrected chi connectivity index (χ1v) is 12.9. The van der Waals surface area contributed by atoms with Crippen molar-refractivity contribution < 1.29 is 4.79 Å². The fraction of sp³-hybridized carbons (Fsp3) is 0.280. The Hall–Kier alpha value is -3.17. The van der Waals surface area contributed by atoms with Crippen LogP contribution in [0.2, 0.25) is 0 Å². The number of rotatable bonds is 7. The minimum atomic E-state index is -0.588. The third kappa shape index (κ3) is 4.58. The second kappa shape index (κ2) is 9.99. The van der Waals surface area contributed by atoms with Crippen molar-refractivity contribution in [2.75, 3.05) is 11.1 Å². The number of benzene rings is 2. The summed E-state index contributed by atoms with van der Waals surface area (Å²) in [6.07, 6.45) is 0.767. The lowest BCUT2D eigenvalue weighted by atomic mass is 10.1. The fourth-order valence-corrected chi connectivity index (χ4v) is 5.76. The van der Waals surface area contributed by atoms with Gasteiger partial charge in [-0.2, -0.15) is 0 Å². The molecule has 1 N–H and O–H groups in total. The van der Waals surface area contributed by atoms with Crippen LogP contribution in [0.4, 0.5) is 5.69 Å². The molecule has 0 saturated heterocycles. The number of hydrogen-bond donors (Lipinski definition) is 1. The highest BCUT2D eigenvalue weighted by atomic mass is 32.2. The van der Waals surface area contributed by atoms with Crippen LogP contribution in [0.25, 0.3) is 16.0 Å². The van der Waals surface area contributed by atoms with E-state index in [9.17, 15) is 14.4 Å². The van der Waals surface area contributed by atoms with E-state index in [0.717, 1.165) is 39.1 Å². The lowest BCUT2D eigenvalue weighted by molar-refractivity contribution is -0.116. The SMILES string of the molecule is CCSc1nc2c(s1)c(=O)n(-c1ccc(C)cc1)c(=O)n2CC(=O)Nc1c(C)cccc1CC. The van der Waals surface area contributed by atoms with Gasteiger partial charge < -0.3 is 5.32 Å². The van der Waals surface area contributed by atoms with Crippen LogP contribution < -0.4 is 16.6 Å². The smallest absolute Gasteiger partial charge is 0.324 e. The van der Waals surface area contributed by atoms with E-state index >= 15 is 0 Å². The number of nitrogens with one attached hydrogen (secondary N) is 1. The van der Waals surface area contributed by atoms with Gasteiger partial charge in [0.05, 0.1) is 5.69 Å². The zero-order chi connectivity index (χ0) is 24.4. The monoisotopic (exact) mass is 494 g/mol. The molecule has 9 heteroatoms. The first-order valence-electron chi connectivity index (χ1n) is 11.1. The highest BCUT2D eigenvalue weighted by Gasteiger charge is 2.21. The van der Waals surface area contributed by atoms with Gasteiger partial charge in [0, 0.05) is 5.69 Å². The summed E-state index contributed by atoms with van der Waals surface area (Å²) < 4.78 is 3.47. The van der Waals surface area contributed by atoms with Crippen LogP contribution in [0.5, 0.6) is 0 Å². The molecule has 2 aromatic heterocycles. The van der Waals surface area contributed by atoms with Crippen LogP contribution >= 0.6 is 23.1 Å². The Balaban J connectivity index is 1.84. The molecule has 0 atom stereocenters. The van der Waals surface area contributed by atoms with E-state index in [0.29, 0.717) is 14.7 Å². The summed E-state index contributed by atoms with van der Waals surface area (Å²) in [5, 5.41) is 2.97. The summed E-state index contributed by atoms with van der Waals surface area (Å²) in [7, 11) is 0. The van der Waals surface area contributed by atoms with Crippen LogP contribution in [0.15, 0.2) is 56.4 Å². The molecule has 4 rings (SSSR count). The van der Waals surface area contributed by atoms with Crippen molar-refractivity contribution in [3.63, 3.8) is 0 Å². The Labute approximate surface area is 205 Å². The third-order valence-electron chi connectivity index (χ3n) is 5.53. The lowest BCUT2D eigenvalue weighted by Gasteiger charge is -2.15. The van der Waals surface area contributed by atoms with Gasteiger partial charge in [-0.05, 0) is 49.3 Å². The Kier molecular flexibility index (Phi) is 7.04. The van der Waals surface area contributed by atoms with Gasteiger partial charge in [-0.15, -0.1) is 11.3 Å². The number of fused-ring (bicyclic) bond motifs is 1. The molecule has 0 spiro atoms. The van der Waals surface area contributed by atoms with E-state index in [1.54, 1.807) is 12.1 Å². The molecule has 0 fully saturated rings. The molecule has 7 nitrogen and oxygen atoms in total. The van der Waals surface area contributed by atoms with Gasteiger partial charge >= 0.3 is 5.69 Å². The zero-order valence-corrected chi connectivity index (χ0v) is 21.2. The number of aromatic nitrogens is 3. The first kappa shape index (κ1) is 24.0. The van der Waals surface area contributed by atoms with E-state index in [-0.39, 0.29) is 18.1 Å². The number of thiazole rings is 1. The number of carbonyl (C=O) groups is 1. The Morgan fingerprint density at radius 1 is 1.09 bits per heavy atom. The number of hydrogen-bond acceptors (Lipinski definition) is 6. The molecular weight excluding hydrogens is 468 g/mol. The van der Waals surface area contributed by atoms with Gasteiger partial charge in [0.25, 0.3) is 5.56 Å². The molecule has 4 aromatic rings. The number of amides is 1. The molecule has 1 amide bonds. The first-order chi connectivity index (χ1) is 16.3. The number of carbonyl (C=O) groups excluding carboxylic acids is 1. The summed E-state index contributed by atoms with van der Waals surface area (Å²) in [5.41, 5.74) is 3.44. The molecule has 2 aromatic carbocycles. The number of aryl methyl sites for hydroxylation is 3. The average Bonchev–Trinajstić information content (AvgIpc) is 3.24. The van der Waals surface area contributed by atoms with Crippen molar-refractivity contribution in [2.45, 2.75) is 45.0 Å². The maximum atomic E-state index is 13.5. The zero-order valence-electron chi connectivity index (χ0n) is 19.5. The van der Waals surface area contributed by atoms with Crippen LogP contribution in [0, 0.1) is 13.8 Å². The van der Waals surface area contributed by atoms with Gasteiger partial charge in [-0.3, -0.25) is 14.2 Å². The summed E-state index contributed by atoms with van der Waals surface area (Å²) in [5.74, 6) is 0.434. The molecule has 0 radical (unpaired) electrons. The van der Waals surface area contributed by atoms with Gasteiger partial charge in [0.1, 0.15) is 11.2 Å². The van der Waals surface area contributed by atoms with Crippen LogP contribution in [-0.4, -0.2) is 25.8 Å². The van der Waals surface area contributed by atoms with Crippen molar-refractivity contribution in [2.24, 2.45) is 0 Å². The quantitative estimate of drug-likeness (QED) is 0.381. The van der Waals surface area contributed by atoms with E-state index in [1.807, 2.05) is 58.0 Å². The third-order valence-corrected chi connectivity index (χ3v) is 7.59. The predicted octanol–water partition coefficient (Wildman–Crippen LogP) is 4.54. The molecule has 0 unspecified atom stereocenters. The predicted molar refractivity (Wildman–Crippen MR) is 140 cm³/mol. The van der Waals surface area contributed by atoms with E-state index < -0.39 is 11.2 Å². The summed E-state index contributed by atoms with van der Waals surface area (Å²) in [4.78, 5) is 44.5. The molecular formula is C25H26N4O3S2. The molecule has 0 aliphatic rings. The van der Waals surface area contributed by atoms with Crippen molar-refractivity contribution in [1.29, 1.82) is 0 Å². The summed E-state index contributed by atoms with van der Waals surface area (Å²) in [6, 6.07) is 13.0. The lowest BCUT2D eigenvalue weighted by Crippen LogP contribution is -2.40. The molecule has 34 heavy (non-hydrogen) atoms. The maximum Gasteiger partial charge on any atom is 0.337 e. The standard InChI is InChI=1S/C25H26N4O3S2/c1-5-17-9-7-8-16(4)20(17)26-19(30)14-28-22-21(34-24(27-22)33-6-2)23(31)29(25(28)32)18-12-10-15(3)11-13-18/h7-13H,5-6,14H2,1-4H3,(H,26,30). The average molecular weight is 495 g/mol. The van der Waals surface area contributed by atoms with Crippen LogP contribution in [0.3, 0.4) is 0 Å². The largest absolute Gasteiger partial charge is 0.337 e. The number of nitrogens with zero attached hydrogens (tertiary/aromatic N) is 3. The maximum absolute atomic E-state index is 13.5. The van der Waals surface area contributed by atoms with Crippen molar-refractivity contribution >= 4 is 45.0 Å². The molecule has 0 saturated carbocycles. The molecule has 2 heterocycles. The van der Waals surface area contributed by atoms with Gasteiger partial charge in [-0.1, -0.05) is 61.5 Å². The highest BCUT2D eigenvalue weighted by Crippen LogP contribution is 2.27. The van der Waals surface area contributed by atoms with Crippen LogP contribution in [0.1, 0.15) is 30.5 Å². The normalized spacial score (nSPS) is 11.2. The van der Waals surface area contributed by atoms with Crippen LogP contribution in [-0.2, 0) is 17.8 Å². The highest BCUT2D eigenvalue weighted by molar-refractivity contribution is 8.01. The van der Waals surface area contributed by atoms with Crippen molar-refractivity contribution in [3.8, 4) is 5.69 Å². The Morgan fingerprint density at radius 3 is 2.50 bits per heavy atom. The minimum Gasteiger partial charge on any atom is -0.324 e. The molecule has 0 aliphatic heterocycles. The summed E-state index contributed by atoms with van der Waals surface area (Å²) >= 11 is 2.75. The molecule has 176 valence electrons. The van der Waals surface area contributed by atoms with Gasteiger partial charge in [-0.25, -0.2) is 14.3 Å². The molecule has 0 bridgehead atoms. The summed E-state index contributed by atoms with van der Waals surface area (Å²) in [6.45, 7) is 7.64. The second-order valence-electron chi connectivity index (χ2n) is 7.92. The number of thioether (sulfide) groups is 1. The fourth-order valence-electron chi connectivity index (χ4n) is 3.79. The van der Waals surface area contributed by atoms with E-state index in [4.69, 9.17) is 0 Å². The number of anilines is 1. The van der Waals surface area contributed by atoms with Gasteiger partial charge in [0.15, 0.2) is 9.99 Å². The Morgan fingerprint density at radius 2 is 1.82 bits per heavy atom. The molecule has 0 aliphatic carbocycles. The van der Waals surface area contributed by atoms with Crippen molar-refractivity contribution in [3.05, 3.63) is 80.0 Å². The van der Waals surface area contributed by atoms with Crippen molar-refractivity contribution in [1.82, 2.24) is 14.1 Å². The van der Waals surface area contributed by atoms with Gasteiger partial charge in [0.2, 0.25) is 5.91 Å². The minimum absolute atomic E-state index is 0.245. The number of para-hydroxylation sites is 1. The second-order valence-corrected chi connectivity index (χ2v) is 10.4. The Bertz CT molecular complexity index is 1480. The van der Waals surface area contributed by atoms with E-state index in [2.05, 4.69) is 10.3 Å².